The number of aryl methyl sites for hydroxylation is 1. The summed E-state index contributed by atoms with van der Waals surface area (Å²) in [6.07, 6.45) is 1.44. The minimum absolute atomic E-state index is 0.0266. The van der Waals surface area contributed by atoms with Crippen molar-refractivity contribution in [2.45, 2.75) is 25.4 Å². The Morgan fingerprint density at radius 2 is 1.70 bits per heavy atom. The summed E-state index contributed by atoms with van der Waals surface area (Å²) in [6, 6.07) is 23.2. The van der Waals surface area contributed by atoms with Crippen LogP contribution < -0.4 is 4.74 Å². The number of hydrogen-bond donors (Lipinski definition) is 0. The fraction of sp³-hybridized carbons (Fsp3) is 0.259. The van der Waals surface area contributed by atoms with E-state index in [1.165, 1.54) is 6.07 Å². The highest BCUT2D eigenvalue weighted by Gasteiger charge is 2.35. The highest BCUT2D eigenvalue weighted by molar-refractivity contribution is 5.97. The third kappa shape index (κ3) is 5.40. The molecule has 1 heterocycles. The average molecular weight is 447 g/mol. The van der Waals surface area contributed by atoms with Crippen molar-refractivity contribution >= 4 is 11.8 Å². The first-order valence-corrected chi connectivity index (χ1v) is 11.1. The van der Waals surface area contributed by atoms with Gasteiger partial charge in [0.05, 0.1) is 13.2 Å². The van der Waals surface area contributed by atoms with E-state index in [9.17, 15) is 14.0 Å². The third-order valence-electron chi connectivity index (χ3n) is 6.05. The molecule has 0 unspecified atom stereocenters. The number of ether oxygens (including phenoxy) is 1. The Labute approximate surface area is 193 Å². The summed E-state index contributed by atoms with van der Waals surface area (Å²) >= 11 is 0. The molecule has 1 fully saturated rings. The number of rotatable bonds is 7. The first-order chi connectivity index (χ1) is 16.0. The van der Waals surface area contributed by atoms with Gasteiger partial charge in [0.2, 0.25) is 5.91 Å². The standard InChI is InChI=1S/C27H27FN2O3/c1-33-24-15-12-21(13-16-24)27(32)29-18-23(14-11-20-7-3-2-4-8-20)30(26(31)19-29)17-22-9-5-6-10-25(22)28/h2-10,12-13,15-16,23H,11,14,17-19H2,1H3/t23-/m0/s1. The lowest BCUT2D eigenvalue weighted by atomic mass is 10.00. The van der Waals surface area contributed by atoms with Crippen molar-refractivity contribution in [3.8, 4) is 5.75 Å². The number of carbonyl (C=O) groups is 2. The van der Waals surface area contributed by atoms with E-state index in [4.69, 9.17) is 4.74 Å². The summed E-state index contributed by atoms with van der Waals surface area (Å²) in [4.78, 5) is 29.6. The highest BCUT2D eigenvalue weighted by atomic mass is 19.1. The summed E-state index contributed by atoms with van der Waals surface area (Å²) in [6.45, 7) is 0.564. The fourth-order valence-corrected chi connectivity index (χ4v) is 4.20. The molecule has 6 heteroatoms. The van der Waals surface area contributed by atoms with E-state index in [0.717, 1.165) is 12.0 Å². The van der Waals surface area contributed by atoms with Gasteiger partial charge in [-0.1, -0.05) is 48.5 Å². The molecule has 5 nitrogen and oxygen atoms in total. The van der Waals surface area contributed by atoms with Crippen molar-refractivity contribution in [1.82, 2.24) is 9.80 Å². The Hall–Kier alpha value is -3.67. The Bertz CT molecular complexity index is 1100. The number of amides is 2. The van der Waals surface area contributed by atoms with E-state index in [2.05, 4.69) is 0 Å². The maximum absolute atomic E-state index is 14.3. The second-order valence-electron chi connectivity index (χ2n) is 8.21. The van der Waals surface area contributed by atoms with Gasteiger partial charge in [0.25, 0.3) is 5.91 Å². The van der Waals surface area contributed by atoms with Crippen LogP contribution in [0.2, 0.25) is 0 Å². The maximum atomic E-state index is 14.3. The lowest BCUT2D eigenvalue weighted by Crippen LogP contribution is -2.57. The van der Waals surface area contributed by atoms with Crippen molar-refractivity contribution in [3.05, 3.63) is 101 Å². The van der Waals surface area contributed by atoms with Crippen LogP contribution in [0, 0.1) is 5.82 Å². The Morgan fingerprint density at radius 3 is 2.39 bits per heavy atom. The summed E-state index contributed by atoms with van der Waals surface area (Å²) in [5.74, 6) is -0.0346. The first kappa shape index (κ1) is 22.5. The monoisotopic (exact) mass is 446 g/mol. The molecule has 0 aliphatic carbocycles. The van der Waals surface area contributed by atoms with Gasteiger partial charge in [-0.15, -0.1) is 0 Å². The van der Waals surface area contributed by atoms with Crippen molar-refractivity contribution in [1.29, 1.82) is 0 Å². The number of nitrogens with zero attached hydrogens (tertiary/aromatic N) is 2. The molecule has 0 bridgehead atoms. The molecule has 1 aliphatic heterocycles. The predicted octanol–water partition coefficient (Wildman–Crippen LogP) is 4.32. The van der Waals surface area contributed by atoms with Crippen LogP contribution in [-0.2, 0) is 17.8 Å². The lowest BCUT2D eigenvalue weighted by molar-refractivity contribution is -0.139. The van der Waals surface area contributed by atoms with Gasteiger partial charge in [-0.05, 0) is 48.7 Å². The van der Waals surface area contributed by atoms with Gasteiger partial charge in [-0.2, -0.15) is 0 Å². The fourth-order valence-electron chi connectivity index (χ4n) is 4.20. The molecule has 33 heavy (non-hydrogen) atoms. The Kier molecular flexibility index (Phi) is 7.03. The molecule has 0 spiro atoms. The lowest BCUT2D eigenvalue weighted by Gasteiger charge is -2.41. The zero-order valence-corrected chi connectivity index (χ0v) is 18.6. The molecule has 0 N–H and O–H groups in total. The normalized spacial score (nSPS) is 16.1. The van der Waals surface area contributed by atoms with Gasteiger partial charge in [-0.25, -0.2) is 4.39 Å². The third-order valence-corrected chi connectivity index (χ3v) is 6.05. The molecule has 2 amide bonds. The van der Waals surface area contributed by atoms with E-state index in [-0.39, 0.29) is 36.8 Å². The largest absolute Gasteiger partial charge is 0.497 e. The highest BCUT2D eigenvalue weighted by Crippen LogP contribution is 2.23. The van der Waals surface area contributed by atoms with E-state index in [1.54, 1.807) is 59.4 Å². The molecule has 1 atom stereocenters. The van der Waals surface area contributed by atoms with Crippen LogP contribution in [0.1, 0.15) is 27.9 Å². The van der Waals surface area contributed by atoms with Crippen LogP contribution in [0.4, 0.5) is 4.39 Å². The summed E-state index contributed by atoms with van der Waals surface area (Å²) in [5, 5.41) is 0. The van der Waals surface area contributed by atoms with E-state index in [0.29, 0.717) is 29.8 Å². The maximum Gasteiger partial charge on any atom is 0.254 e. The topological polar surface area (TPSA) is 49.9 Å². The van der Waals surface area contributed by atoms with Crippen LogP contribution in [-0.4, -0.2) is 47.9 Å². The van der Waals surface area contributed by atoms with E-state index >= 15 is 0 Å². The number of carbonyl (C=O) groups excluding carboxylic acids is 2. The Morgan fingerprint density at radius 1 is 1.00 bits per heavy atom. The number of benzene rings is 3. The molecule has 0 radical (unpaired) electrons. The van der Waals surface area contributed by atoms with Crippen LogP contribution in [0.3, 0.4) is 0 Å². The number of piperazine rings is 1. The molecular weight excluding hydrogens is 419 g/mol. The van der Waals surface area contributed by atoms with Crippen molar-refractivity contribution in [2.75, 3.05) is 20.2 Å². The Balaban J connectivity index is 1.54. The van der Waals surface area contributed by atoms with Crippen LogP contribution in [0.25, 0.3) is 0 Å². The zero-order chi connectivity index (χ0) is 23.2. The zero-order valence-electron chi connectivity index (χ0n) is 18.6. The average Bonchev–Trinajstić information content (AvgIpc) is 2.85. The van der Waals surface area contributed by atoms with Crippen LogP contribution >= 0.6 is 0 Å². The molecule has 3 aromatic rings. The molecule has 3 aromatic carbocycles. The van der Waals surface area contributed by atoms with Gasteiger partial charge in [-0.3, -0.25) is 9.59 Å². The minimum atomic E-state index is -0.330. The molecule has 4 rings (SSSR count). The first-order valence-electron chi connectivity index (χ1n) is 11.1. The second kappa shape index (κ2) is 10.3. The smallest absolute Gasteiger partial charge is 0.254 e. The second-order valence-corrected chi connectivity index (χ2v) is 8.21. The molecule has 0 aromatic heterocycles. The SMILES string of the molecule is COc1ccc(C(=O)N2CC(=O)N(Cc3ccccc3F)[C@@H](CCc3ccccc3)C2)cc1. The molecule has 170 valence electrons. The summed E-state index contributed by atoms with van der Waals surface area (Å²) in [7, 11) is 1.57. The van der Waals surface area contributed by atoms with E-state index in [1.807, 2.05) is 30.3 Å². The molecule has 1 saturated heterocycles. The number of methoxy groups -OCH3 is 1. The summed E-state index contributed by atoms with van der Waals surface area (Å²) < 4.78 is 19.5. The van der Waals surface area contributed by atoms with Crippen LogP contribution in [0.5, 0.6) is 5.75 Å². The van der Waals surface area contributed by atoms with Gasteiger partial charge in [0, 0.05) is 24.2 Å². The van der Waals surface area contributed by atoms with Crippen molar-refractivity contribution < 1.29 is 18.7 Å². The minimum Gasteiger partial charge on any atom is -0.497 e. The quantitative estimate of drug-likeness (QED) is 0.543. The van der Waals surface area contributed by atoms with E-state index < -0.39 is 0 Å². The molecular formula is C27H27FN2O3. The molecule has 0 saturated carbocycles. The van der Waals surface area contributed by atoms with Crippen molar-refractivity contribution in [3.63, 3.8) is 0 Å². The van der Waals surface area contributed by atoms with Gasteiger partial charge in [0.1, 0.15) is 18.1 Å². The van der Waals surface area contributed by atoms with Gasteiger partial charge >= 0.3 is 0 Å². The van der Waals surface area contributed by atoms with Gasteiger partial charge < -0.3 is 14.5 Å². The number of hydrogen-bond acceptors (Lipinski definition) is 3. The molecule has 1 aliphatic rings. The number of halogens is 1. The predicted molar refractivity (Wildman–Crippen MR) is 124 cm³/mol. The van der Waals surface area contributed by atoms with Crippen LogP contribution in [0.15, 0.2) is 78.9 Å². The van der Waals surface area contributed by atoms with Crippen molar-refractivity contribution in [2.24, 2.45) is 0 Å². The van der Waals surface area contributed by atoms with Gasteiger partial charge in [0.15, 0.2) is 0 Å². The summed E-state index contributed by atoms with van der Waals surface area (Å²) in [5.41, 5.74) is 2.15.